The standard InChI is InChI=1S/C12H19N5O2/c1-3-7-17-10-9(11(18)15-12(17)19)16(4-2)8(14-10)5-6-13/h3-7,13H2,1-2H3,(H,15,18,19). The zero-order chi connectivity index (χ0) is 14.0. The lowest BCUT2D eigenvalue weighted by Crippen LogP contribution is -2.31. The molecule has 3 N–H and O–H groups in total. The molecular weight excluding hydrogens is 246 g/mol. The topological polar surface area (TPSA) is 98.7 Å². The fourth-order valence-corrected chi connectivity index (χ4v) is 2.31. The Bertz CT molecular complexity index is 694. The smallest absolute Gasteiger partial charge is 0.330 e. The Balaban J connectivity index is 2.84. The molecule has 0 aliphatic carbocycles. The van der Waals surface area contributed by atoms with Crippen LogP contribution in [0.5, 0.6) is 0 Å². The number of aromatic amines is 1. The average molecular weight is 265 g/mol. The van der Waals surface area contributed by atoms with Gasteiger partial charge in [-0.3, -0.25) is 14.3 Å². The Labute approximate surface area is 110 Å². The summed E-state index contributed by atoms with van der Waals surface area (Å²) in [6.07, 6.45) is 1.38. The van der Waals surface area contributed by atoms with Crippen molar-refractivity contribution in [3.8, 4) is 0 Å². The van der Waals surface area contributed by atoms with Crippen LogP contribution in [0.15, 0.2) is 9.59 Å². The van der Waals surface area contributed by atoms with Gasteiger partial charge in [-0.05, 0) is 19.9 Å². The molecule has 0 aliphatic rings. The largest absolute Gasteiger partial charge is 0.330 e. The van der Waals surface area contributed by atoms with Crippen molar-refractivity contribution >= 4 is 11.2 Å². The monoisotopic (exact) mass is 265 g/mol. The van der Waals surface area contributed by atoms with Gasteiger partial charge < -0.3 is 10.3 Å². The summed E-state index contributed by atoms with van der Waals surface area (Å²) >= 11 is 0. The predicted molar refractivity (Wildman–Crippen MR) is 73.3 cm³/mol. The molecule has 104 valence electrons. The third-order valence-electron chi connectivity index (χ3n) is 3.10. The van der Waals surface area contributed by atoms with Crippen molar-refractivity contribution in [3.63, 3.8) is 0 Å². The third kappa shape index (κ3) is 2.21. The maximum atomic E-state index is 12.0. The molecule has 0 fully saturated rings. The molecule has 0 amide bonds. The van der Waals surface area contributed by atoms with Gasteiger partial charge in [0.15, 0.2) is 11.2 Å². The second kappa shape index (κ2) is 5.40. The first-order valence-electron chi connectivity index (χ1n) is 6.56. The second-order valence-electron chi connectivity index (χ2n) is 4.39. The molecule has 0 saturated carbocycles. The molecule has 2 aromatic heterocycles. The van der Waals surface area contributed by atoms with Crippen molar-refractivity contribution in [3.05, 3.63) is 26.7 Å². The van der Waals surface area contributed by atoms with E-state index in [-0.39, 0.29) is 5.56 Å². The van der Waals surface area contributed by atoms with E-state index in [1.54, 1.807) is 0 Å². The highest BCUT2D eigenvalue weighted by Crippen LogP contribution is 2.11. The zero-order valence-electron chi connectivity index (χ0n) is 11.3. The molecule has 2 heterocycles. The van der Waals surface area contributed by atoms with E-state index >= 15 is 0 Å². The summed E-state index contributed by atoms with van der Waals surface area (Å²) in [4.78, 5) is 30.6. The normalized spacial score (nSPS) is 11.3. The molecule has 0 atom stereocenters. The lowest BCUT2D eigenvalue weighted by Gasteiger charge is -2.05. The zero-order valence-corrected chi connectivity index (χ0v) is 11.3. The van der Waals surface area contributed by atoms with Crippen molar-refractivity contribution in [1.29, 1.82) is 0 Å². The van der Waals surface area contributed by atoms with E-state index in [2.05, 4.69) is 9.97 Å². The van der Waals surface area contributed by atoms with E-state index in [0.717, 1.165) is 12.2 Å². The van der Waals surface area contributed by atoms with Crippen LogP contribution in [0.3, 0.4) is 0 Å². The van der Waals surface area contributed by atoms with E-state index in [1.807, 2.05) is 18.4 Å². The Morgan fingerprint density at radius 3 is 2.58 bits per heavy atom. The van der Waals surface area contributed by atoms with Crippen LogP contribution < -0.4 is 17.0 Å². The van der Waals surface area contributed by atoms with Gasteiger partial charge in [0.1, 0.15) is 5.82 Å². The lowest BCUT2D eigenvalue weighted by molar-refractivity contribution is 0.651. The number of nitrogens with one attached hydrogen (secondary N) is 1. The van der Waals surface area contributed by atoms with Crippen LogP contribution in [-0.2, 0) is 19.5 Å². The van der Waals surface area contributed by atoms with Gasteiger partial charge in [0.05, 0.1) is 0 Å². The summed E-state index contributed by atoms with van der Waals surface area (Å²) in [5.74, 6) is 0.751. The minimum atomic E-state index is -0.403. The van der Waals surface area contributed by atoms with Gasteiger partial charge in [0.25, 0.3) is 5.56 Å². The number of imidazole rings is 1. The van der Waals surface area contributed by atoms with E-state index < -0.39 is 5.69 Å². The number of H-pyrrole nitrogens is 1. The predicted octanol–water partition coefficient (Wildman–Crippen LogP) is -0.183. The van der Waals surface area contributed by atoms with Gasteiger partial charge in [-0.2, -0.15) is 0 Å². The minimum absolute atomic E-state index is 0.384. The summed E-state index contributed by atoms with van der Waals surface area (Å²) in [5, 5.41) is 0. The maximum absolute atomic E-state index is 12.0. The number of aromatic nitrogens is 4. The van der Waals surface area contributed by atoms with Gasteiger partial charge in [-0.25, -0.2) is 9.78 Å². The van der Waals surface area contributed by atoms with Crippen LogP contribution >= 0.6 is 0 Å². The molecule has 2 rings (SSSR count). The Morgan fingerprint density at radius 1 is 1.26 bits per heavy atom. The highest BCUT2D eigenvalue weighted by molar-refractivity contribution is 5.71. The Morgan fingerprint density at radius 2 is 2.00 bits per heavy atom. The van der Waals surface area contributed by atoms with E-state index in [1.165, 1.54) is 4.57 Å². The average Bonchev–Trinajstić information content (AvgIpc) is 2.73. The fraction of sp³-hybridized carbons (Fsp3) is 0.583. The second-order valence-corrected chi connectivity index (χ2v) is 4.39. The maximum Gasteiger partial charge on any atom is 0.330 e. The van der Waals surface area contributed by atoms with Crippen molar-refractivity contribution in [1.82, 2.24) is 19.1 Å². The molecule has 19 heavy (non-hydrogen) atoms. The number of aryl methyl sites for hydroxylation is 2. The van der Waals surface area contributed by atoms with Gasteiger partial charge in [-0.1, -0.05) is 6.92 Å². The van der Waals surface area contributed by atoms with Crippen LogP contribution in [0.4, 0.5) is 0 Å². The van der Waals surface area contributed by atoms with Crippen LogP contribution in [0, 0.1) is 0 Å². The molecule has 0 saturated heterocycles. The first-order valence-corrected chi connectivity index (χ1v) is 6.56. The summed E-state index contributed by atoms with van der Waals surface area (Å²) in [5.41, 5.74) is 5.69. The molecular formula is C12H19N5O2. The van der Waals surface area contributed by atoms with E-state index in [9.17, 15) is 9.59 Å². The highest BCUT2D eigenvalue weighted by Gasteiger charge is 2.16. The fourth-order valence-electron chi connectivity index (χ4n) is 2.31. The van der Waals surface area contributed by atoms with Crippen molar-refractivity contribution < 1.29 is 0 Å². The SMILES string of the molecule is CCCn1c(=O)[nH]c(=O)c2c1nc(CCN)n2CC. The molecule has 0 aromatic carbocycles. The molecule has 7 heteroatoms. The van der Waals surface area contributed by atoms with Crippen molar-refractivity contribution in [2.45, 2.75) is 39.8 Å². The van der Waals surface area contributed by atoms with Crippen molar-refractivity contribution in [2.75, 3.05) is 6.54 Å². The number of nitrogens with two attached hydrogens (primary N) is 1. The van der Waals surface area contributed by atoms with Gasteiger partial charge in [0, 0.05) is 19.5 Å². The van der Waals surface area contributed by atoms with Gasteiger partial charge >= 0.3 is 5.69 Å². The molecule has 7 nitrogen and oxygen atoms in total. The number of rotatable bonds is 5. The molecule has 2 aromatic rings. The van der Waals surface area contributed by atoms with Gasteiger partial charge in [0.2, 0.25) is 0 Å². The summed E-state index contributed by atoms with van der Waals surface area (Å²) < 4.78 is 3.34. The van der Waals surface area contributed by atoms with Crippen LogP contribution in [0.25, 0.3) is 11.2 Å². The molecule has 0 radical (unpaired) electrons. The lowest BCUT2D eigenvalue weighted by atomic mass is 10.4. The van der Waals surface area contributed by atoms with Crippen LogP contribution in [0.2, 0.25) is 0 Å². The Hall–Kier alpha value is -1.89. The van der Waals surface area contributed by atoms with E-state index in [4.69, 9.17) is 5.73 Å². The first-order chi connectivity index (χ1) is 9.13. The number of hydrogen-bond acceptors (Lipinski definition) is 4. The number of fused-ring (bicyclic) bond motifs is 1. The first kappa shape index (κ1) is 13.5. The Kier molecular flexibility index (Phi) is 3.84. The van der Waals surface area contributed by atoms with Crippen molar-refractivity contribution in [2.24, 2.45) is 5.73 Å². The highest BCUT2D eigenvalue weighted by atomic mass is 16.2. The molecule has 0 unspecified atom stereocenters. The number of nitrogens with zero attached hydrogens (tertiary/aromatic N) is 3. The van der Waals surface area contributed by atoms with Crippen LogP contribution in [0.1, 0.15) is 26.1 Å². The van der Waals surface area contributed by atoms with E-state index in [0.29, 0.717) is 37.2 Å². The molecule has 0 aliphatic heterocycles. The van der Waals surface area contributed by atoms with Gasteiger partial charge in [-0.15, -0.1) is 0 Å². The summed E-state index contributed by atoms with van der Waals surface area (Å²) in [6.45, 7) is 5.53. The molecule has 0 spiro atoms. The van der Waals surface area contributed by atoms with Crippen LogP contribution in [-0.4, -0.2) is 25.6 Å². The summed E-state index contributed by atoms with van der Waals surface area (Å²) in [7, 11) is 0. The minimum Gasteiger partial charge on any atom is -0.330 e. The number of hydrogen-bond donors (Lipinski definition) is 2. The summed E-state index contributed by atoms with van der Waals surface area (Å²) in [6, 6.07) is 0. The third-order valence-corrected chi connectivity index (χ3v) is 3.10. The quantitative estimate of drug-likeness (QED) is 0.783. The molecule has 0 bridgehead atoms.